The minimum Gasteiger partial charge on any atom is -0.507 e. The van der Waals surface area contributed by atoms with E-state index >= 15 is 0 Å². The fourth-order valence-electron chi connectivity index (χ4n) is 8.01. The number of aromatic amines is 1. The Kier molecular flexibility index (Phi) is 12.7. The molecule has 314 valence electrons. The van der Waals surface area contributed by atoms with Crippen molar-refractivity contribution in [1.82, 2.24) is 4.98 Å². The molecule has 0 aliphatic carbocycles. The summed E-state index contributed by atoms with van der Waals surface area (Å²) in [6.45, 7) is 15.8. The van der Waals surface area contributed by atoms with E-state index < -0.39 is 89.0 Å². The van der Waals surface area contributed by atoms with E-state index in [4.69, 9.17) is 23.7 Å². The maximum absolute atomic E-state index is 14.6. The van der Waals surface area contributed by atoms with Crippen molar-refractivity contribution in [2.75, 3.05) is 19.0 Å². The van der Waals surface area contributed by atoms with E-state index in [9.17, 15) is 39.6 Å². The number of benzene rings is 2. The molecule has 15 nitrogen and oxygen atoms in total. The maximum atomic E-state index is 14.6. The van der Waals surface area contributed by atoms with Crippen LogP contribution in [0.2, 0.25) is 0 Å². The number of fused-ring (bicyclic) bond motifs is 1. The highest BCUT2D eigenvalue weighted by Crippen LogP contribution is 2.54. The molecule has 6 N–H and O–H groups in total. The van der Waals surface area contributed by atoms with Gasteiger partial charge < -0.3 is 54.4 Å². The van der Waals surface area contributed by atoms with Crippen molar-refractivity contribution in [3.63, 3.8) is 0 Å². The smallest absolute Gasteiger partial charge is 0.340 e. The quantitative estimate of drug-likeness (QED) is 0.131. The Morgan fingerprint density at radius 3 is 2.22 bits per heavy atom. The van der Waals surface area contributed by atoms with E-state index in [-0.39, 0.29) is 62.0 Å². The molecule has 58 heavy (non-hydrogen) atoms. The second-order valence-corrected chi connectivity index (χ2v) is 15.5. The number of esters is 2. The number of anilines is 1. The zero-order chi connectivity index (χ0) is 43.1. The van der Waals surface area contributed by atoms with Crippen LogP contribution in [0, 0.1) is 37.5 Å². The SMILES string of the molecule is CCOC(=O)c1c(C)[nH]c2c1c1c(O)c3c(O)c(C)c4c(c32)C(=O)[C@@](C)(O/C=C/[C@H](OC)[C@H](C)[C@@H](OC(C)=O)[C@@H](C)[C@H](O)[C@H](C)[C@@H](O)[C@@H](C)/C=C/C=C(/C)C(=O)N1)O4. The number of carbonyl (C=O) groups is 4. The van der Waals surface area contributed by atoms with Crippen molar-refractivity contribution in [3.05, 3.63) is 58.5 Å². The molecule has 0 saturated heterocycles. The molecule has 0 unspecified atom stereocenters. The molecule has 2 aliphatic rings. The summed E-state index contributed by atoms with van der Waals surface area (Å²) in [5.41, 5.74) is 0.365. The number of aliphatic hydroxyl groups is 2. The number of hydrogen-bond acceptors (Lipinski definition) is 13. The molecule has 0 spiro atoms. The summed E-state index contributed by atoms with van der Waals surface area (Å²) in [6, 6.07) is 0. The van der Waals surface area contributed by atoms with Gasteiger partial charge in [-0.3, -0.25) is 14.4 Å². The zero-order valence-electron chi connectivity index (χ0n) is 34.7. The van der Waals surface area contributed by atoms with Gasteiger partial charge in [-0.2, -0.15) is 0 Å². The Bertz CT molecular complexity index is 2240. The number of rotatable bonds is 4. The van der Waals surface area contributed by atoms with Crippen molar-refractivity contribution in [2.24, 2.45) is 23.7 Å². The van der Waals surface area contributed by atoms with Crippen molar-refractivity contribution >= 4 is 51.0 Å². The fraction of sp³-hybridized carbons (Fsp3) is 0.488. The van der Waals surface area contributed by atoms with Crippen LogP contribution < -0.4 is 10.1 Å². The standard InChI is InChI=1S/C43H54N2O13/c1-12-55-42(53)27-24(8)44-32-28-30-36(49)23(7)39-31(28)40(51)43(10,58-39)56-17-16-26(54-11)20(4)38(57-25(9)46)22(6)35(48)21(5)34(47)18(2)14-13-15-19(3)41(52)45-33(29(27)32)37(30)50/h13-18,20-22,26,34-35,38,44,47-50H,12H2,1-11H3,(H,45,52)/b14-13+,17-16+,19-15-/t18-,20-,21+,22-,26-,34-,35+,38+,43-/m0/s1. The number of nitrogens with one attached hydrogen (secondary N) is 2. The molecule has 0 saturated carbocycles. The summed E-state index contributed by atoms with van der Waals surface area (Å²) < 4.78 is 29.1. The van der Waals surface area contributed by atoms with Gasteiger partial charge in [0.2, 0.25) is 0 Å². The van der Waals surface area contributed by atoms with Crippen LogP contribution in [-0.4, -0.2) is 93.0 Å². The summed E-state index contributed by atoms with van der Waals surface area (Å²) in [4.78, 5) is 57.3. The van der Waals surface area contributed by atoms with Gasteiger partial charge in [0, 0.05) is 72.2 Å². The lowest BCUT2D eigenvalue weighted by molar-refractivity contribution is -0.160. The van der Waals surface area contributed by atoms with Crippen molar-refractivity contribution in [3.8, 4) is 17.2 Å². The predicted octanol–water partition coefficient (Wildman–Crippen LogP) is 6.01. The first-order valence-corrected chi connectivity index (χ1v) is 19.3. The van der Waals surface area contributed by atoms with E-state index in [2.05, 4.69) is 10.3 Å². The van der Waals surface area contributed by atoms with Crippen LogP contribution in [0.25, 0.3) is 21.7 Å². The molecule has 0 radical (unpaired) electrons. The van der Waals surface area contributed by atoms with Crippen LogP contribution in [0.1, 0.15) is 87.4 Å². The van der Waals surface area contributed by atoms with Crippen molar-refractivity contribution < 1.29 is 63.3 Å². The number of phenols is 2. The third-order valence-electron chi connectivity index (χ3n) is 11.4. The minimum absolute atomic E-state index is 0.00939. The van der Waals surface area contributed by atoms with Gasteiger partial charge in [0.25, 0.3) is 11.7 Å². The Labute approximate surface area is 336 Å². The lowest BCUT2D eigenvalue weighted by Crippen LogP contribution is -2.46. The number of amides is 1. The highest BCUT2D eigenvalue weighted by molar-refractivity contribution is 6.31. The summed E-state index contributed by atoms with van der Waals surface area (Å²) in [6.07, 6.45) is 3.56. The lowest BCUT2D eigenvalue weighted by atomic mass is 9.78. The minimum atomic E-state index is -2.02. The molecular weight excluding hydrogens is 752 g/mol. The Morgan fingerprint density at radius 1 is 0.931 bits per heavy atom. The van der Waals surface area contributed by atoms with Crippen LogP contribution in [0.3, 0.4) is 0 Å². The molecule has 9 atom stereocenters. The van der Waals surface area contributed by atoms with Crippen LogP contribution in [-0.2, 0) is 28.5 Å². The highest BCUT2D eigenvalue weighted by Gasteiger charge is 2.50. The molecule has 2 aromatic carbocycles. The molecule has 15 heteroatoms. The predicted molar refractivity (Wildman–Crippen MR) is 215 cm³/mol. The number of aromatic hydroxyl groups is 2. The third-order valence-corrected chi connectivity index (χ3v) is 11.4. The molecule has 5 rings (SSSR count). The van der Waals surface area contributed by atoms with Crippen molar-refractivity contribution in [2.45, 2.75) is 99.4 Å². The topological polar surface area (TPSA) is 223 Å². The van der Waals surface area contributed by atoms with Gasteiger partial charge in [-0.25, -0.2) is 4.79 Å². The summed E-state index contributed by atoms with van der Waals surface area (Å²) in [5, 5.41) is 49.1. The van der Waals surface area contributed by atoms with Crippen LogP contribution in [0.4, 0.5) is 5.69 Å². The van der Waals surface area contributed by atoms with Gasteiger partial charge in [0.1, 0.15) is 17.6 Å². The second kappa shape index (κ2) is 16.8. The van der Waals surface area contributed by atoms with Gasteiger partial charge in [0.15, 0.2) is 5.75 Å². The first-order valence-electron chi connectivity index (χ1n) is 19.3. The second-order valence-electron chi connectivity index (χ2n) is 15.5. The molecule has 4 bridgehead atoms. The van der Waals surface area contributed by atoms with Gasteiger partial charge in [-0.15, -0.1) is 0 Å². The molecule has 3 heterocycles. The van der Waals surface area contributed by atoms with Gasteiger partial charge >= 0.3 is 17.7 Å². The van der Waals surface area contributed by atoms with E-state index in [1.807, 2.05) is 0 Å². The number of Topliss-reactive ketones (excluding diaryl/α,β-unsaturated/α-hetero) is 1. The molecule has 1 amide bonds. The number of allylic oxidation sites excluding steroid dienone is 2. The van der Waals surface area contributed by atoms with Crippen LogP contribution >= 0.6 is 0 Å². The number of aromatic nitrogens is 1. The molecule has 1 aromatic heterocycles. The first kappa shape index (κ1) is 43.7. The van der Waals surface area contributed by atoms with Crippen molar-refractivity contribution in [1.29, 1.82) is 0 Å². The van der Waals surface area contributed by atoms with E-state index in [1.165, 1.54) is 53.2 Å². The maximum Gasteiger partial charge on any atom is 0.340 e. The molecule has 0 fully saturated rings. The van der Waals surface area contributed by atoms with Crippen LogP contribution in [0.5, 0.6) is 17.2 Å². The summed E-state index contributed by atoms with van der Waals surface area (Å²) in [7, 11) is 1.44. The molecule has 3 aromatic rings. The number of hydrogen-bond donors (Lipinski definition) is 6. The Balaban J connectivity index is 1.78. The summed E-state index contributed by atoms with van der Waals surface area (Å²) in [5.74, 6) is -8.35. The number of methoxy groups -OCH3 is 1. The number of H-pyrrole nitrogens is 1. The van der Waals surface area contributed by atoms with Gasteiger partial charge in [-0.05, 0) is 33.8 Å². The summed E-state index contributed by atoms with van der Waals surface area (Å²) >= 11 is 0. The monoisotopic (exact) mass is 806 g/mol. The normalized spacial score (nSPS) is 30.3. The van der Waals surface area contributed by atoms with E-state index in [0.717, 1.165) is 0 Å². The molecular formula is C43H54N2O13. The first-order chi connectivity index (χ1) is 27.2. The fourth-order valence-corrected chi connectivity index (χ4v) is 8.01. The van der Waals surface area contributed by atoms with Gasteiger partial charge in [-0.1, -0.05) is 45.9 Å². The number of aliphatic hydroxyl groups excluding tert-OH is 2. The Morgan fingerprint density at radius 2 is 1.60 bits per heavy atom. The van der Waals surface area contributed by atoms with Crippen LogP contribution in [0.15, 0.2) is 36.1 Å². The molecule has 2 aliphatic heterocycles. The number of carbonyl (C=O) groups excluding carboxylic acids is 4. The number of aryl methyl sites for hydroxylation is 1. The van der Waals surface area contributed by atoms with E-state index in [0.29, 0.717) is 5.69 Å². The van der Waals surface area contributed by atoms with E-state index in [1.54, 1.807) is 53.7 Å². The highest BCUT2D eigenvalue weighted by atomic mass is 16.7. The third kappa shape index (κ3) is 7.65. The lowest BCUT2D eigenvalue weighted by Gasteiger charge is -2.38. The van der Waals surface area contributed by atoms with Gasteiger partial charge in [0.05, 0.1) is 58.9 Å². The largest absolute Gasteiger partial charge is 0.507 e. The number of ketones is 1. The average Bonchev–Trinajstić information content (AvgIpc) is 3.66. The average molecular weight is 807 g/mol. The zero-order valence-corrected chi connectivity index (χ0v) is 34.7. The Hall–Kier alpha value is -5.38. The number of phenolic OH excluding ortho intramolecular Hbond substituents is 2. The number of ether oxygens (including phenoxy) is 5.